The lowest BCUT2D eigenvalue weighted by Gasteiger charge is -2.26. The number of aliphatic imine (C=N–C) groups is 1. The van der Waals surface area contributed by atoms with E-state index in [0.717, 1.165) is 50.1 Å². The fourth-order valence-electron chi connectivity index (χ4n) is 3.77. The summed E-state index contributed by atoms with van der Waals surface area (Å²) >= 11 is 0. The van der Waals surface area contributed by atoms with E-state index in [4.69, 9.17) is 9.73 Å². The monoisotopic (exact) mass is 383 g/mol. The van der Waals surface area contributed by atoms with Gasteiger partial charge in [-0.15, -0.1) is 0 Å². The summed E-state index contributed by atoms with van der Waals surface area (Å²) in [6.07, 6.45) is 3.12. The van der Waals surface area contributed by atoms with Crippen LogP contribution in [-0.4, -0.2) is 47.4 Å². The van der Waals surface area contributed by atoms with Crippen LogP contribution in [0.15, 0.2) is 35.5 Å². The molecule has 1 N–H and O–H groups in total. The van der Waals surface area contributed by atoms with E-state index in [0.29, 0.717) is 11.8 Å². The number of rotatable bonds is 6. The maximum Gasteiger partial charge on any atom is 0.193 e. The van der Waals surface area contributed by atoms with Gasteiger partial charge in [-0.1, -0.05) is 32.0 Å². The summed E-state index contributed by atoms with van der Waals surface area (Å²) in [4.78, 5) is 7.15. The predicted octanol–water partition coefficient (Wildman–Crippen LogP) is 3.51. The van der Waals surface area contributed by atoms with Crippen molar-refractivity contribution in [2.24, 2.45) is 12.0 Å². The Morgan fingerprint density at radius 2 is 2.18 bits per heavy atom. The minimum Gasteiger partial charge on any atom is -0.493 e. The summed E-state index contributed by atoms with van der Waals surface area (Å²) < 4.78 is 7.69. The number of nitrogens with one attached hydrogen (secondary N) is 1. The largest absolute Gasteiger partial charge is 0.493 e. The van der Waals surface area contributed by atoms with Gasteiger partial charge in [0.15, 0.2) is 5.96 Å². The third kappa shape index (κ3) is 4.66. The second-order valence-electron chi connectivity index (χ2n) is 7.79. The van der Waals surface area contributed by atoms with Crippen LogP contribution < -0.4 is 10.1 Å². The molecule has 152 valence electrons. The third-order valence-electron chi connectivity index (χ3n) is 5.13. The smallest absolute Gasteiger partial charge is 0.193 e. The number of fused-ring (bicyclic) bond motifs is 1. The molecule has 0 spiro atoms. The number of benzene rings is 1. The van der Waals surface area contributed by atoms with Crippen LogP contribution in [0.5, 0.6) is 5.75 Å². The summed E-state index contributed by atoms with van der Waals surface area (Å²) in [5.74, 6) is 2.74. The van der Waals surface area contributed by atoms with Crippen LogP contribution in [0.1, 0.15) is 55.8 Å². The highest BCUT2D eigenvalue weighted by molar-refractivity contribution is 5.79. The van der Waals surface area contributed by atoms with Crippen molar-refractivity contribution >= 4 is 5.96 Å². The van der Waals surface area contributed by atoms with Gasteiger partial charge in [0, 0.05) is 51.4 Å². The first-order valence-corrected chi connectivity index (χ1v) is 10.2. The van der Waals surface area contributed by atoms with Crippen LogP contribution in [-0.2, 0) is 13.6 Å². The summed E-state index contributed by atoms with van der Waals surface area (Å²) in [7, 11) is 4.08. The molecule has 2 heterocycles. The van der Waals surface area contributed by atoms with Crippen molar-refractivity contribution in [1.82, 2.24) is 20.0 Å². The maximum absolute atomic E-state index is 5.79. The molecule has 0 saturated heterocycles. The second kappa shape index (κ2) is 9.13. The van der Waals surface area contributed by atoms with Crippen LogP contribution in [0, 0.1) is 0 Å². The maximum atomic E-state index is 5.79. The number of para-hydroxylation sites is 1. The molecule has 6 nitrogen and oxygen atoms in total. The van der Waals surface area contributed by atoms with Crippen LogP contribution in [0.4, 0.5) is 0 Å². The highest BCUT2D eigenvalue weighted by Crippen LogP contribution is 2.33. The standard InChI is InChI=1S/C22H33N5O/c1-6-23-22(26(4)14-18-15-27(5)25-21(18)16(2)3)24-13-17-11-12-28-20-10-8-7-9-19(17)20/h7-10,15-17H,6,11-14H2,1-5H3,(H,23,24). The van der Waals surface area contributed by atoms with Crippen molar-refractivity contribution in [3.63, 3.8) is 0 Å². The van der Waals surface area contributed by atoms with Gasteiger partial charge in [0.25, 0.3) is 0 Å². The van der Waals surface area contributed by atoms with Gasteiger partial charge < -0.3 is 15.0 Å². The SMILES string of the molecule is CCNC(=NCC1CCOc2ccccc21)N(C)Cc1cn(C)nc1C(C)C. The fourth-order valence-corrected chi connectivity index (χ4v) is 3.77. The number of ether oxygens (including phenoxy) is 1. The van der Waals surface area contributed by atoms with E-state index in [1.165, 1.54) is 11.1 Å². The van der Waals surface area contributed by atoms with Gasteiger partial charge in [0.2, 0.25) is 0 Å². The van der Waals surface area contributed by atoms with Crippen molar-refractivity contribution in [2.75, 3.05) is 26.7 Å². The molecule has 0 aliphatic carbocycles. The first kappa shape index (κ1) is 20.2. The molecule has 0 bridgehead atoms. The summed E-state index contributed by atoms with van der Waals surface area (Å²) in [6, 6.07) is 8.33. The molecule has 1 aliphatic rings. The van der Waals surface area contributed by atoms with E-state index >= 15 is 0 Å². The highest BCUT2D eigenvalue weighted by Gasteiger charge is 2.21. The number of aromatic nitrogens is 2. The van der Waals surface area contributed by atoms with Gasteiger partial charge in [-0.2, -0.15) is 5.10 Å². The third-order valence-corrected chi connectivity index (χ3v) is 5.13. The van der Waals surface area contributed by atoms with Gasteiger partial charge in [-0.05, 0) is 30.9 Å². The lowest BCUT2D eigenvalue weighted by molar-refractivity contribution is 0.268. The number of aryl methyl sites for hydroxylation is 1. The zero-order valence-corrected chi connectivity index (χ0v) is 17.8. The molecule has 1 aromatic carbocycles. The normalized spacial score (nSPS) is 16.6. The number of guanidine groups is 1. The van der Waals surface area contributed by atoms with Crippen molar-refractivity contribution < 1.29 is 4.74 Å². The van der Waals surface area contributed by atoms with Gasteiger partial charge in [-0.25, -0.2) is 0 Å². The number of hydrogen-bond acceptors (Lipinski definition) is 3. The molecule has 3 rings (SSSR count). The average molecular weight is 384 g/mol. The molecule has 28 heavy (non-hydrogen) atoms. The average Bonchev–Trinajstić information content (AvgIpc) is 3.05. The van der Waals surface area contributed by atoms with Gasteiger partial charge >= 0.3 is 0 Å². The fraction of sp³-hybridized carbons (Fsp3) is 0.545. The van der Waals surface area contributed by atoms with Gasteiger partial charge in [0.05, 0.1) is 12.3 Å². The first-order valence-electron chi connectivity index (χ1n) is 10.2. The highest BCUT2D eigenvalue weighted by atomic mass is 16.5. The molecule has 6 heteroatoms. The Morgan fingerprint density at radius 3 is 2.93 bits per heavy atom. The Labute approximate surface area is 168 Å². The summed E-state index contributed by atoms with van der Waals surface area (Å²) in [5, 5.41) is 8.07. The van der Waals surface area contributed by atoms with Crippen LogP contribution in [0.25, 0.3) is 0 Å². The first-order chi connectivity index (χ1) is 13.5. The van der Waals surface area contributed by atoms with E-state index in [2.05, 4.69) is 67.5 Å². The van der Waals surface area contributed by atoms with E-state index < -0.39 is 0 Å². The molecule has 0 amide bonds. The minimum absolute atomic E-state index is 0.400. The summed E-state index contributed by atoms with van der Waals surface area (Å²) in [6.45, 7) is 9.64. The van der Waals surface area contributed by atoms with E-state index in [9.17, 15) is 0 Å². The van der Waals surface area contributed by atoms with E-state index in [-0.39, 0.29) is 0 Å². The van der Waals surface area contributed by atoms with E-state index in [1.807, 2.05) is 17.8 Å². The Morgan fingerprint density at radius 1 is 1.39 bits per heavy atom. The second-order valence-corrected chi connectivity index (χ2v) is 7.79. The van der Waals surface area contributed by atoms with Gasteiger partial charge in [-0.3, -0.25) is 9.67 Å². The Bertz CT molecular complexity index is 811. The van der Waals surface area contributed by atoms with Crippen LogP contribution in [0.2, 0.25) is 0 Å². The minimum atomic E-state index is 0.400. The van der Waals surface area contributed by atoms with Gasteiger partial charge in [0.1, 0.15) is 5.75 Å². The van der Waals surface area contributed by atoms with Crippen molar-refractivity contribution in [3.8, 4) is 5.75 Å². The Hall–Kier alpha value is -2.50. The lowest BCUT2D eigenvalue weighted by atomic mass is 9.93. The predicted molar refractivity (Wildman–Crippen MR) is 114 cm³/mol. The number of nitrogens with zero attached hydrogens (tertiary/aromatic N) is 4. The van der Waals surface area contributed by atoms with Crippen molar-refractivity contribution in [1.29, 1.82) is 0 Å². The summed E-state index contributed by atoms with van der Waals surface area (Å²) in [5.41, 5.74) is 3.68. The molecule has 1 aliphatic heterocycles. The van der Waals surface area contributed by atoms with Crippen LogP contribution in [0.3, 0.4) is 0 Å². The van der Waals surface area contributed by atoms with Crippen LogP contribution >= 0.6 is 0 Å². The molecule has 2 aromatic rings. The quantitative estimate of drug-likeness (QED) is 0.613. The molecule has 1 aromatic heterocycles. The Kier molecular flexibility index (Phi) is 6.60. The zero-order chi connectivity index (χ0) is 20.1. The Balaban J connectivity index is 1.74. The molecule has 1 atom stereocenters. The van der Waals surface area contributed by atoms with E-state index in [1.54, 1.807) is 0 Å². The molecular weight excluding hydrogens is 350 g/mol. The van der Waals surface area contributed by atoms with Crippen molar-refractivity contribution in [2.45, 2.75) is 45.6 Å². The lowest BCUT2D eigenvalue weighted by Crippen LogP contribution is -2.39. The zero-order valence-electron chi connectivity index (χ0n) is 17.8. The number of hydrogen-bond donors (Lipinski definition) is 1. The molecule has 1 unspecified atom stereocenters. The van der Waals surface area contributed by atoms with Crippen molar-refractivity contribution in [3.05, 3.63) is 47.3 Å². The molecule has 0 fully saturated rings. The molecular formula is C22H33N5O. The molecule has 0 saturated carbocycles. The topological polar surface area (TPSA) is 54.7 Å². The molecule has 0 radical (unpaired) electrons.